The Hall–Kier alpha value is -2.51. The molecule has 2 aromatic rings. The maximum atomic E-state index is 9.55. The molecule has 1 aliphatic carbocycles. The molecule has 0 radical (unpaired) electrons. The predicted molar refractivity (Wildman–Crippen MR) is 104 cm³/mol. The molecule has 2 N–H and O–H groups in total. The molecule has 4 rings (SSSR count). The zero-order valence-corrected chi connectivity index (χ0v) is 15.9. The Kier molecular flexibility index (Phi) is 6.03. The molecule has 142 valence electrons. The summed E-state index contributed by atoms with van der Waals surface area (Å²) in [7, 11) is 2.24. The molecule has 0 spiro atoms. The molecule has 2 heterocycles. The lowest BCUT2D eigenvalue weighted by Gasteiger charge is -2.17. The second-order valence-electron chi connectivity index (χ2n) is 6.70. The molecule has 1 saturated heterocycles. The Morgan fingerprint density at radius 2 is 1.96 bits per heavy atom. The van der Waals surface area contributed by atoms with Crippen LogP contribution in [0.3, 0.4) is 0 Å². The van der Waals surface area contributed by atoms with Crippen molar-refractivity contribution in [3.63, 3.8) is 0 Å². The summed E-state index contributed by atoms with van der Waals surface area (Å²) in [5.74, 6) is -2.51. The van der Waals surface area contributed by atoms with Crippen LogP contribution in [-0.4, -0.2) is 51.7 Å². The SMILES string of the molecule is CN1CCCC1Cc1nc2c(s1)Cc1ccccc1-2.O=C(O)/C=C/C(=O)O. The van der Waals surface area contributed by atoms with Gasteiger partial charge in [-0.15, -0.1) is 11.3 Å². The van der Waals surface area contributed by atoms with Crippen LogP contribution in [-0.2, 0) is 22.4 Å². The van der Waals surface area contributed by atoms with Gasteiger partial charge in [-0.1, -0.05) is 24.3 Å². The van der Waals surface area contributed by atoms with Gasteiger partial charge in [0.1, 0.15) is 0 Å². The quantitative estimate of drug-likeness (QED) is 0.670. The number of aliphatic carboxylic acids is 2. The van der Waals surface area contributed by atoms with Crippen LogP contribution in [0.15, 0.2) is 36.4 Å². The van der Waals surface area contributed by atoms with Crippen LogP contribution in [0.4, 0.5) is 0 Å². The van der Waals surface area contributed by atoms with E-state index in [4.69, 9.17) is 15.2 Å². The van der Waals surface area contributed by atoms with E-state index in [-0.39, 0.29) is 0 Å². The van der Waals surface area contributed by atoms with Crippen LogP contribution in [0.1, 0.15) is 28.3 Å². The second kappa shape index (κ2) is 8.45. The van der Waals surface area contributed by atoms with Crippen molar-refractivity contribution in [3.05, 3.63) is 51.9 Å². The lowest BCUT2D eigenvalue weighted by molar-refractivity contribution is -0.134. The highest BCUT2D eigenvalue weighted by Gasteiger charge is 2.26. The van der Waals surface area contributed by atoms with Crippen molar-refractivity contribution in [1.29, 1.82) is 0 Å². The van der Waals surface area contributed by atoms with Crippen LogP contribution in [0.2, 0.25) is 0 Å². The number of hydrogen-bond donors (Lipinski definition) is 2. The lowest BCUT2D eigenvalue weighted by Crippen LogP contribution is -2.26. The minimum atomic E-state index is -1.26. The molecule has 7 heteroatoms. The van der Waals surface area contributed by atoms with Gasteiger partial charge in [0.2, 0.25) is 0 Å². The van der Waals surface area contributed by atoms with Crippen molar-refractivity contribution in [3.8, 4) is 11.3 Å². The summed E-state index contributed by atoms with van der Waals surface area (Å²) in [6, 6.07) is 9.41. The zero-order chi connectivity index (χ0) is 19.4. The first kappa shape index (κ1) is 19.3. The summed E-state index contributed by atoms with van der Waals surface area (Å²) < 4.78 is 0. The third kappa shape index (κ3) is 4.81. The molecule has 1 aromatic heterocycles. The third-order valence-corrected chi connectivity index (χ3v) is 5.89. The standard InChI is InChI=1S/C16H18N2S.C4H4O4/c1-18-8-4-6-12(18)10-15-17-16-13-7-3-2-5-11(13)9-14(16)19-15;5-3(6)1-2-4(7)8/h2-3,5,7,12H,4,6,8-10H2,1H3;1-2H,(H,5,6)(H,7,8)/b;2-1+. The Balaban J connectivity index is 0.000000226. The van der Waals surface area contributed by atoms with E-state index in [0.29, 0.717) is 18.2 Å². The van der Waals surface area contributed by atoms with E-state index in [1.54, 1.807) is 0 Å². The molecule has 6 nitrogen and oxygen atoms in total. The first-order chi connectivity index (χ1) is 12.9. The molecule has 0 saturated carbocycles. The van der Waals surface area contributed by atoms with Crippen molar-refractivity contribution in [1.82, 2.24) is 9.88 Å². The van der Waals surface area contributed by atoms with Gasteiger partial charge in [-0.3, -0.25) is 0 Å². The summed E-state index contributed by atoms with van der Waals surface area (Å²) in [5.41, 5.74) is 4.07. The number of aromatic nitrogens is 1. The van der Waals surface area contributed by atoms with Crippen molar-refractivity contribution < 1.29 is 19.8 Å². The predicted octanol–water partition coefficient (Wildman–Crippen LogP) is 3.06. The number of thiazole rings is 1. The van der Waals surface area contributed by atoms with E-state index in [2.05, 4.69) is 36.2 Å². The maximum Gasteiger partial charge on any atom is 0.328 e. The van der Waals surface area contributed by atoms with E-state index in [1.807, 2.05) is 11.3 Å². The van der Waals surface area contributed by atoms with Gasteiger partial charge in [-0.25, -0.2) is 14.6 Å². The van der Waals surface area contributed by atoms with Crippen LogP contribution in [0.5, 0.6) is 0 Å². The minimum absolute atomic E-state index is 0.558. The van der Waals surface area contributed by atoms with Gasteiger partial charge < -0.3 is 15.1 Å². The molecule has 1 aliphatic heterocycles. The fourth-order valence-electron chi connectivity index (χ4n) is 3.48. The van der Waals surface area contributed by atoms with Gasteiger partial charge in [0, 0.05) is 41.5 Å². The zero-order valence-electron chi connectivity index (χ0n) is 15.1. The highest BCUT2D eigenvalue weighted by Crippen LogP contribution is 2.39. The monoisotopic (exact) mass is 386 g/mol. The molecule has 1 aromatic carbocycles. The molecule has 1 atom stereocenters. The number of benzene rings is 1. The van der Waals surface area contributed by atoms with Crippen LogP contribution in [0, 0.1) is 0 Å². The number of carboxylic acid groups (broad SMARTS) is 2. The van der Waals surface area contributed by atoms with Crippen LogP contribution >= 0.6 is 11.3 Å². The van der Waals surface area contributed by atoms with Crippen molar-refractivity contribution in [2.24, 2.45) is 0 Å². The third-order valence-electron chi connectivity index (χ3n) is 4.82. The van der Waals surface area contributed by atoms with Crippen LogP contribution < -0.4 is 0 Å². The van der Waals surface area contributed by atoms with Gasteiger partial charge in [-0.05, 0) is 32.0 Å². The number of carbonyl (C=O) groups is 2. The number of likely N-dealkylation sites (N-methyl/N-ethyl adjacent to an activating group) is 1. The Labute approximate surface area is 161 Å². The van der Waals surface area contributed by atoms with Crippen molar-refractivity contribution in [2.45, 2.75) is 31.7 Å². The summed E-state index contributed by atoms with van der Waals surface area (Å²) >= 11 is 1.93. The summed E-state index contributed by atoms with van der Waals surface area (Å²) in [5, 5.41) is 17.0. The molecule has 1 fully saturated rings. The van der Waals surface area contributed by atoms with Gasteiger partial charge in [0.15, 0.2) is 0 Å². The van der Waals surface area contributed by atoms with Crippen LogP contribution in [0.25, 0.3) is 11.3 Å². The number of carboxylic acids is 2. The van der Waals surface area contributed by atoms with E-state index in [0.717, 1.165) is 12.8 Å². The van der Waals surface area contributed by atoms with Gasteiger partial charge in [-0.2, -0.15) is 0 Å². The molecule has 0 bridgehead atoms. The number of likely N-dealkylation sites (tertiary alicyclic amines) is 1. The first-order valence-corrected chi connectivity index (χ1v) is 9.66. The van der Waals surface area contributed by atoms with E-state index >= 15 is 0 Å². The minimum Gasteiger partial charge on any atom is -0.478 e. The van der Waals surface area contributed by atoms with Gasteiger partial charge in [0.05, 0.1) is 10.7 Å². The number of nitrogens with zero attached hydrogens (tertiary/aromatic N) is 2. The Bertz CT molecular complexity index is 859. The molecular formula is C20H22N2O4S. The average molecular weight is 386 g/mol. The van der Waals surface area contributed by atoms with E-state index in [9.17, 15) is 9.59 Å². The van der Waals surface area contributed by atoms with Gasteiger partial charge in [0.25, 0.3) is 0 Å². The average Bonchev–Trinajstić information content (AvgIpc) is 3.29. The Morgan fingerprint density at radius 1 is 1.26 bits per heavy atom. The Morgan fingerprint density at radius 3 is 2.59 bits per heavy atom. The largest absolute Gasteiger partial charge is 0.478 e. The summed E-state index contributed by atoms with van der Waals surface area (Å²) in [6.45, 7) is 1.25. The highest BCUT2D eigenvalue weighted by atomic mass is 32.1. The fraction of sp³-hybridized carbons (Fsp3) is 0.350. The summed E-state index contributed by atoms with van der Waals surface area (Å²) in [6.07, 6.45) is 6.01. The molecule has 27 heavy (non-hydrogen) atoms. The lowest BCUT2D eigenvalue weighted by atomic mass is 10.1. The number of fused-ring (bicyclic) bond motifs is 3. The fourth-order valence-corrected chi connectivity index (χ4v) is 4.65. The van der Waals surface area contributed by atoms with E-state index in [1.165, 1.54) is 46.1 Å². The molecule has 0 amide bonds. The second-order valence-corrected chi connectivity index (χ2v) is 7.87. The number of rotatable bonds is 4. The van der Waals surface area contributed by atoms with Crippen molar-refractivity contribution in [2.75, 3.05) is 13.6 Å². The first-order valence-electron chi connectivity index (χ1n) is 8.85. The topological polar surface area (TPSA) is 90.7 Å². The highest BCUT2D eigenvalue weighted by molar-refractivity contribution is 7.12. The smallest absolute Gasteiger partial charge is 0.328 e. The molecule has 2 aliphatic rings. The van der Waals surface area contributed by atoms with Gasteiger partial charge >= 0.3 is 11.9 Å². The number of hydrogen-bond acceptors (Lipinski definition) is 5. The molecule has 1 unspecified atom stereocenters. The summed E-state index contributed by atoms with van der Waals surface area (Å²) in [4.78, 5) is 28.0. The molecular weight excluding hydrogens is 364 g/mol. The normalized spacial score (nSPS) is 18.0. The maximum absolute atomic E-state index is 9.55. The van der Waals surface area contributed by atoms with Crippen molar-refractivity contribution >= 4 is 23.3 Å². The van der Waals surface area contributed by atoms with E-state index < -0.39 is 11.9 Å².